The minimum Gasteiger partial charge on any atom is -0.497 e. The number of nitrogens with one attached hydrogen (secondary N) is 2. The predicted octanol–water partition coefficient (Wildman–Crippen LogP) is 4.11. The summed E-state index contributed by atoms with van der Waals surface area (Å²) in [6.45, 7) is 4.00. The number of aromatic nitrogens is 2. The van der Waals surface area contributed by atoms with Crippen molar-refractivity contribution in [3.05, 3.63) is 48.7 Å². The second kappa shape index (κ2) is 10.2. The summed E-state index contributed by atoms with van der Waals surface area (Å²) in [5, 5.41) is 6.59. The number of carbonyl (C=O) groups is 2. The summed E-state index contributed by atoms with van der Waals surface area (Å²) in [7, 11) is 3.34. The Kier molecular flexibility index (Phi) is 6.80. The Balaban J connectivity index is 1.32. The van der Waals surface area contributed by atoms with Gasteiger partial charge in [-0.3, -0.25) is 14.6 Å². The second-order valence-electron chi connectivity index (χ2n) is 10.0. The number of carbonyl (C=O) groups excluding carboxylic acids is 2. The molecule has 9 heteroatoms. The molecule has 2 N–H and O–H groups in total. The molecule has 9 nitrogen and oxygen atoms in total. The summed E-state index contributed by atoms with van der Waals surface area (Å²) >= 11 is 0. The third-order valence-electron chi connectivity index (χ3n) is 7.92. The monoisotopic (exact) mass is 490 g/mol. The number of rotatable bonds is 7. The number of nitrogens with zero attached hydrogens (tertiary/aromatic N) is 4. The molecule has 1 unspecified atom stereocenters. The number of benzene rings is 1. The van der Waals surface area contributed by atoms with E-state index in [2.05, 4.69) is 22.2 Å². The Morgan fingerprint density at radius 3 is 2.58 bits per heavy atom. The first-order valence-electron chi connectivity index (χ1n) is 12.7. The van der Waals surface area contributed by atoms with Gasteiger partial charge in [-0.15, -0.1) is 0 Å². The molecule has 2 heterocycles. The normalized spacial score (nSPS) is 23.9. The van der Waals surface area contributed by atoms with Crippen LogP contribution in [0, 0.1) is 11.8 Å². The highest BCUT2D eigenvalue weighted by atomic mass is 16.5. The molecule has 1 aliphatic heterocycles. The molecule has 36 heavy (non-hydrogen) atoms. The van der Waals surface area contributed by atoms with E-state index in [1.54, 1.807) is 30.2 Å². The Bertz CT molecular complexity index is 1130. The molecule has 2 aromatic rings. The zero-order valence-corrected chi connectivity index (χ0v) is 20.9. The zero-order valence-electron chi connectivity index (χ0n) is 20.9. The largest absolute Gasteiger partial charge is 0.497 e. The van der Waals surface area contributed by atoms with Crippen LogP contribution in [0.2, 0.25) is 0 Å². The van der Waals surface area contributed by atoms with Crippen LogP contribution >= 0.6 is 0 Å². The molecule has 2 saturated carbocycles. The van der Waals surface area contributed by atoms with Gasteiger partial charge in [-0.25, -0.2) is 9.78 Å². The summed E-state index contributed by atoms with van der Waals surface area (Å²) in [6, 6.07) is 7.25. The van der Waals surface area contributed by atoms with Gasteiger partial charge in [-0.1, -0.05) is 25.8 Å². The molecule has 1 aromatic carbocycles. The van der Waals surface area contributed by atoms with E-state index >= 15 is 0 Å². The molecule has 3 atom stereocenters. The van der Waals surface area contributed by atoms with Crippen LogP contribution in [0.4, 0.5) is 22.2 Å². The Morgan fingerprint density at radius 2 is 1.92 bits per heavy atom. The first-order valence-corrected chi connectivity index (χ1v) is 12.7. The van der Waals surface area contributed by atoms with Crippen LogP contribution in [0.3, 0.4) is 0 Å². The van der Waals surface area contributed by atoms with Gasteiger partial charge in [0.15, 0.2) is 0 Å². The molecule has 0 spiro atoms. The smallest absolute Gasteiger partial charge is 0.330 e. The fourth-order valence-electron chi connectivity index (χ4n) is 5.63. The fraction of sp³-hybridized carbons (Fsp3) is 0.481. The molecule has 3 aliphatic rings. The van der Waals surface area contributed by atoms with Crippen molar-refractivity contribution in [1.82, 2.24) is 15.3 Å². The van der Waals surface area contributed by atoms with Crippen molar-refractivity contribution in [1.29, 1.82) is 0 Å². The van der Waals surface area contributed by atoms with Crippen LogP contribution in [-0.4, -0.2) is 48.1 Å². The van der Waals surface area contributed by atoms with Crippen LogP contribution < -0.4 is 25.2 Å². The lowest BCUT2D eigenvalue weighted by atomic mass is 9.68. The maximum absolute atomic E-state index is 13.2. The summed E-state index contributed by atoms with van der Waals surface area (Å²) in [6.07, 6.45) is 10.0. The zero-order chi connectivity index (χ0) is 25.2. The van der Waals surface area contributed by atoms with Crippen molar-refractivity contribution >= 4 is 29.4 Å². The minimum absolute atomic E-state index is 0.0144. The van der Waals surface area contributed by atoms with Gasteiger partial charge in [0.05, 0.1) is 13.7 Å². The maximum Gasteiger partial charge on any atom is 0.330 e. The highest BCUT2D eigenvalue weighted by Gasteiger charge is 2.37. The van der Waals surface area contributed by atoms with Crippen molar-refractivity contribution in [3.8, 4) is 5.75 Å². The molecule has 190 valence electrons. The van der Waals surface area contributed by atoms with Crippen LogP contribution in [0.25, 0.3) is 0 Å². The van der Waals surface area contributed by atoms with Gasteiger partial charge < -0.3 is 15.4 Å². The number of urea groups is 1. The first kappa shape index (κ1) is 24.1. The van der Waals surface area contributed by atoms with E-state index in [-0.39, 0.29) is 24.0 Å². The van der Waals surface area contributed by atoms with Gasteiger partial charge in [0.1, 0.15) is 11.6 Å². The van der Waals surface area contributed by atoms with E-state index in [0.717, 1.165) is 42.2 Å². The molecule has 1 aromatic heterocycles. The average molecular weight is 491 g/mol. The number of fused-ring (bicyclic) bond motifs is 1. The standard InChI is InChI=1S/C27H34N6O3/c1-4-24(34)29-23-14-18(17-6-5-7-17)8-13-22(23)30-26-28-15-19-16-33(27(35)32(2)25(19)31-26)20-9-11-21(36-3)12-10-20/h4,9-12,15,17-18,22-23H,1,5-8,13-14,16H2,2-3H3,(H,29,34)(H,28,30,31)/t18?,22-,23+/m1/s1. The van der Waals surface area contributed by atoms with Crippen molar-refractivity contribution < 1.29 is 14.3 Å². The first-order chi connectivity index (χ1) is 17.5. The minimum atomic E-state index is -0.158. The molecular formula is C27H34N6O3. The number of methoxy groups -OCH3 is 1. The third kappa shape index (κ3) is 4.74. The van der Waals surface area contributed by atoms with E-state index in [1.165, 1.54) is 25.3 Å². The highest BCUT2D eigenvalue weighted by Crippen LogP contribution is 2.41. The lowest BCUT2D eigenvalue weighted by molar-refractivity contribution is -0.117. The number of amides is 3. The molecule has 2 aliphatic carbocycles. The average Bonchev–Trinajstić information content (AvgIpc) is 2.87. The highest BCUT2D eigenvalue weighted by molar-refractivity contribution is 6.05. The van der Waals surface area contributed by atoms with Crippen molar-refractivity contribution in [2.75, 3.05) is 29.3 Å². The van der Waals surface area contributed by atoms with Crippen LogP contribution in [0.1, 0.15) is 44.1 Å². The summed E-state index contributed by atoms with van der Waals surface area (Å²) < 4.78 is 5.23. The van der Waals surface area contributed by atoms with Gasteiger partial charge in [0, 0.05) is 36.6 Å². The molecule has 2 fully saturated rings. The molecule has 0 radical (unpaired) electrons. The maximum atomic E-state index is 13.2. The lowest BCUT2D eigenvalue weighted by Gasteiger charge is -2.42. The molecule has 0 saturated heterocycles. The van der Waals surface area contributed by atoms with E-state index < -0.39 is 0 Å². The summed E-state index contributed by atoms with van der Waals surface area (Å²) in [4.78, 5) is 37.9. The van der Waals surface area contributed by atoms with Crippen LogP contribution in [-0.2, 0) is 11.3 Å². The van der Waals surface area contributed by atoms with Crippen LogP contribution in [0.5, 0.6) is 5.75 Å². The lowest BCUT2D eigenvalue weighted by Crippen LogP contribution is -2.51. The molecular weight excluding hydrogens is 456 g/mol. The number of hydrogen-bond donors (Lipinski definition) is 2. The SMILES string of the molecule is C=CC(=O)N[C@H]1CC(C2CCC2)CC[C@H]1Nc1ncc2c(n1)N(C)C(=O)N(c1ccc(OC)cc1)C2. The molecule has 5 rings (SSSR count). The number of hydrogen-bond acceptors (Lipinski definition) is 6. The van der Waals surface area contributed by atoms with Crippen molar-refractivity contribution in [2.45, 2.75) is 57.2 Å². The van der Waals surface area contributed by atoms with Gasteiger partial charge in [0.25, 0.3) is 0 Å². The fourth-order valence-corrected chi connectivity index (χ4v) is 5.63. The number of anilines is 3. The van der Waals surface area contributed by atoms with Gasteiger partial charge in [-0.2, -0.15) is 4.98 Å². The Morgan fingerprint density at radius 1 is 1.14 bits per heavy atom. The van der Waals surface area contributed by atoms with Gasteiger partial charge in [0.2, 0.25) is 11.9 Å². The second-order valence-corrected chi connectivity index (χ2v) is 10.0. The predicted molar refractivity (Wildman–Crippen MR) is 139 cm³/mol. The van der Waals surface area contributed by atoms with Crippen molar-refractivity contribution in [3.63, 3.8) is 0 Å². The quantitative estimate of drug-likeness (QED) is 0.567. The van der Waals surface area contributed by atoms with E-state index in [1.807, 2.05) is 24.3 Å². The Hall–Kier alpha value is -3.62. The van der Waals surface area contributed by atoms with Crippen LogP contribution in [0.15, 0.2) is 43.1 Å². The van der Waals surface area contributed by atoms with Gasteiger partial charge >= 0.3 is 6.03 Å². The summed E-state index contributed by atoms with van der Waals surface area (Å²) in [5.41, 5.74) is 1.65. The summed E-state index contributed by atoms with van der Waals surface area (Å²) in [5.74, 6) is 3.07. The van der Waals surface area contributed by atoms with Gasteiger partial charge in [-0.05, 0) is 61.4 Å². The number of ether oxygens (including phenoxy) is 1. The Labute approximate surface area is 211 Å². The van der Waals surface area contributed by atoms with E-state index in [9.17, 15) is 9.59 Å². The van der Waals surface area contributed by atoms with E-state index in [4.69, 9.17) is 9.72 Å². The molecule has 3 amide bonds. The molecule has 0 bridgehead atoms. The topological polar surface area (TPSA) is 99.7 Å². The third-order valence-corrected chi connectivity index (χ3v) is 7.92. The van der Waals surface area contributed by atoms with E-state index in [0.29, 0.717) is 24.2 Å². The van der Waals surface area contributed by atoms with Crippen molar-refractivity contribution in [2.24, 2.45) is 11.8 Å².